The molecule has 0 radical (unpaired) electrons. The van der Waals surface area contributed by atoms with Crippen molar-refractivity contribution in [2.45, 2.75) is 12.8 Å². The first-order chi connectivity index (χ1) is 8.18. The van der Waals surface area contributed by atoms with Crippen LogP contribution in [0.2, 0.25) is 0 Å². The summed E-state index contributed by atoms with van der Waals surface area (Å²) >= 11 is 3.74. The summed E-state index contributed by atoms with van der Waals surface area (Å²) in [6.45, 7) is 1.14. The Kier molecular flexibility index (Phi) is 4.19. The number of nitrogens with zero attached hydrogens (tertiary/aromatic N) is 1. The van der Waals surface area contributed by atoms with Gasteiger partial charge in [-0.1, -0.05) is 36.4 Å². The second kappa shape index (κ2) is 5.65. The number of rotatable bonds is 4. The molecule has 1 nitrogen and oxygen atoms in total. The molecule has 0 fully saturated rings. The van der Waals surface area contributed by atoms with Gasteiger partial charge in [-0.2, -0.15) is 0 Å². The fourth-order valence-corrected chi connectivity index (χ4v) is 2.75. The third-order valence-corrected chi connectivity index (χ3v) is 3.93. The average Bonchev–Trinajstić information content (AvgIpc) is 2.32. The van der Waals surface area contributed by atoms with E-state index >= 15 is 0 Å². The molecule has 0 bridgehead atoms. The number of fused-ring (bicyclic) bond motifs is 1. The lowest BCUT2D eigenvalue weighted by molar-refractivity contribution is 0.400. The van der Waals surface area contributed by atoms with E-state index in [0.29, 0.717) is 0 Å². The van der Waals surface area contributed by atoms with Crippen molar-refractivity contribution in [1.29, 1.82) is 0 Å². The minimum Gasteiger partial charge on any atom is -0.309 e. The van der Waals surface area contributed by atoms with Gasteiger partial charge < -0.3 is 4.90 Å². The zero-order valence-corrected chi connectivity index (χ0v) is 12.0. The highest BCUT2D eigenvalue weighted by Gasteiger charge is 2.04. The predicted molar refractivity (Wildman–Crippen MR) is 78.5 cm³/mol. The summed E-state index contributed by atoms with van der Waals surface area (Å²) in [5.41, 5.74) is 1.41. The van der Waals surface area contributed by atoms with E-state index in [-0.39, 0.29) is 0 Å². The SMILES string of the molecule is CN(C)CCCc1ccc2ccccc2c1Br. The van der Waals surface area contributed by atoms with Crippen LogP contribution in [0.1, 0.15) is 12.0 Å². The Morgan fingerprint density at radius 1 is 1.06 bits per heavy atom. The van der Waals surface area contributed by atoms with Crippen LogP contribution < -0.4 is 0 Å². The van der Waals surface area contributed by atoms with Crippen molar-refractivity contribution in [2.75, 3.05) is 20.6 Å². The monoisotopic (exact) mass is 291 g/mol. The van der Waals surface area contributed by atoms with Crippen molar-refractivity contribution in [3.05, 3.63) is 46.4 Å². The van der Waals surface area contributed by atoms with E-state index in [1.54, 1.807) is 0 Å². The molecule has 17 heavy (non-hydrogen) atoms. The second-order valence-electron chi connectivity index (χ2n) is 4.67. The van der Waals surface area contributed by atoms with Crippen molar-refractivity contribution in [1.82, 2.24) is 4.90 Å². The van der Waals surface area contributed by atoms with Gasteiger partial charge in [0.15, 0.2) is 0 Å². The molecule has 0 saturated carbocycles. The van der Waals surface area contributed by atoms with E-state index in [0.717, 1.165) is 13.0 Å². The van der Waals surface area contributed by atoms with Crippen LogP contribution in [0.5, 0.6) is 0 Å². The maximum atomic E-state index is 3.74. The highest BCUT2D eigenvalue weighted by molar-refractivity contribution is 9.10. The number of aryl methyl sites for hydroxylation is 1. The van der Waals surface area contributed by atoms with E-state index in [4.69, 9.17) is 0 Å². The molecule has 0 aliphatic heterocycles. The van der Waals surface area contributed by atoms with Crippen LogP contribution >= 0.6 is 15.9 Å². The fraction of sp³-hybridized carbons (Fsp3) is 0.333. The number of halogens is 1. The normalized spacial score (nSPS) is 11.3. The van der Waals surface area contributed by atoms with Gasteiger partial charge in [0.25, 0.3) is 0 Å². The minimum atomic E-state index is 1.13. The molecule has 90 valence electrons. The molecule has 0 aromatic heterocycles. The molecular formula is C15H18BrN. The lowest BCUT2D eigenvalue weighted by Gasteiger charge is -2.11. The number of hydrogen-bond donors (Lipinski definition) is 0. The first-order valence-electron chi connectivity index (χ1n) is 5.99. The number of hydrogen-bond acceptors (Lipinski definition) is 1. The maximum Gasteiger partial charge on any atom is 0.0285 e. The van der Waals surface area contributed by atoms with Crippen molar-refractivity contribution in [3.8, 4) is 0 Å². The molecule has 2 aromatic carbocycles. The minimum absolute atomic E-state index is 1.13. The Labute approximate surface area is 112 Å². The molecule has 0 amide bonds. The Morgan fingerprint density at radius 2 is 1.82 bits per heavy atom. The molecular weight excluding hydrogens is 274 g/mol. The van der Waals surface area contributed by atoms with Gasteiger partial charge in [0.1, 0.15) is 0 Å². The van der Waals surface area contributed by atoms with E-state index in [1.807, 2.05) is 0 Å². The molecule has 0 heterocycles. The van der Waals surface area contributed by atoms with Crippen LogP contribution in [0.3, 0.4) is 0 Å². The standard InChI is InChI=1S/C15H18BrN/c1-17(2)11-5-7-13-10-9-12-6-3-4-8-14(12)15(13)16/h3-4,6,8-10H,5,7,11H2,1-2H3. The highest BCUT2D eigenvalue weighted by Crippen LogP contribution is 2.28. The summed E-state index contributed by atoms with van der Waals surface area (Å²) in [6, 6.07) is 13.0. The topological polar surface area (TPSA) is 3.24 Å². The Bertz CT molecular complexity index is 505. The lowest BCUT2D eigenvalue weighted by Crippen LogP contribution is -2.13. The van der Waals surface area contributed by atoms with E-state index in [1.165, 1.54) is 27.2 Å². The van der Waals surface area contributed by atoms with Crippen molar-refractivity contribution >= 4 is 26.7 Å². The van der Waals surface area contributed by atoms with Crippen LogP contribution in [0.4, 0.5) is 0 Å². The Morgan fingerprint density at radius 3 is 2.59 bits per heavy atom. The van der Waals surface area contributed by atoms with E-state index in [9.17, 15) is 0 Å². The van der Waals surface area contributed by atoms with Gasteiger partial charge in [0.05, 0.1) is 0 Å². The summed E-state index contributed by atoms with van der Waals surface area (Å²) < 4.78 is 1.26. The molecule has 0 saturated heterocycles. The fourth-order valence-electron chi connectivity index (χ4n) is 2.06. The molecule has 0 unspecified atom stereocenters. The van der Waals surface area contributed by atoms with Crippen molar-refractivity contribution in [3.63, 3.8) is 0 Å². The van der Waals surface area contributed by atoms with Crippen LogP contribution in [0.25, 0.3) is 10.8 Å². The summed E-state index contributed by atoms with van der Waals surface area (Å²) in [7, 11) is 4.24. The van der Waals surface area contributed by atoms with Gasteiger partial charge in [-0.25, -0.2) is 0 Å². The van der Waals surface area contributed by atoms with Crippen LogP contribution in [0, 0.1) is 0 Å². The second-order valence-corrected chi connectivity index (χ2v) is 5.46. The van der Waals surface area contributed by atoms with Gasteiger partial charge in [0, 0.05) is 4.47 Å². The zero-order chi connectivity index (χ0) is 12.3. The molecule has 0 aliphatic carbocycles. The molecule has 0 aliphatic rings. The van der Waals surface area contributed by atoms with Gasteiger partial charge in [-0.3, -0.25) is 0 Å². The van der Waals surface area contributed by atoms with Gasteiger partial charge >= 0.3 is 0 Å². The van der Waals surface area contributed by atoms with Crippen molar-refractivity contribution in [2.24, 2.45) is 0 Å². The third-order valence-electron chi connectivity index (χ3n) is 2.99. The summed E-state index contributed by atoms with van der Waals surface area (Å²) in [6.07, 6.45) is 2.33. The lowest BCUT2D eigenvalue weighted by atomic mass is 10.0. The predicted octanol–water partition coefficient (Wildman–Crippen LogP) is 4.10. The highest BCUT2D eigenvalue weighted by atomic mass is 79.9. The molecule has 2 aromatic rings. The van der Waals surface area contributed by atoms with Crippen molar-refractivity contribution < 1.29 is 0 Å². The Balaban J connectivity index is 2.21. The van der Waals surface area contributed by atoms with Crippen LogP contribution in [-0.4, -0.2) is 25.5 Å². The molecule has 0 atom stereocenters. The molecule has 0 spiro atoms. The largest absolute Gasteiger partial charge is 0.309 e. The van der Waals surface area contributed by atoms with Gasteiger partial charge in [0.2, 0.25) is 0 Å². The summed E-state index contributed by atoms with van der Waals surface area (Å²) in [4.78, 5) is 2.23. The van der Waals surface area contributed by atoms with E-state index < -0.39 is 0 Å². The number of benzene rings is 2. The van der Waals surface area contributed by atoms with Gasteiger partial charge in [-0.15, -0.1) is 0 Å². The zero-order valence-electron chi connectivity index (χ0n) is 10.4. The molecule has 2 heteroatoms. The first-order valence-corrected chi connectivity index (χ1v) is 6.78. The summed E-state index contributed by atoms with van der Waals surface area (Å²) in [5.74, 6) is 0. The quantitative estimate of drug-likeness (QED) is 0.820. The molecule has 0 N–H and O–H groups in total. The Hall–Kier alpha value is -0.860. The summed E-state index contributed by atoms with van der Waals surface area (Å²) in [5, 5.41) is 2.62. The maximum absolute atomic E-state index is 3.74. The van der Waals surface area contributed by atoms with Gasteiger partial charge in [-0.05, 0) is 65.7 Å². The smallest absolute Gasteiger partial charge is 0.0285 e. The average molecular weight is 292 g/mol. The third kappa shape index (κ3) is 3.08. The first kappa shape index (κ1) is 12.6. The molecule has 2 rings (SSSR count). The van der Waals surface area contributed by atoms with Crippen LogP contribution in [-0.2, 0) is 6.42 Å². The van der Waals surface area contributed by atoms with E-state index in [2.05, 4.69) is 71.3 Å². The van der Waals surface area contributed by atoms with Crippen LogP contribution in [0.15, 0.2) is 40.9 Å².